The zero-order valence-electron chi connectivity index (χ0n) is 7.02. The first-order valence-corrected chi connectivity index (χ1v) is 5.28. The Kier molecular flexibility index (Phi) is 2.45. The Morgan fingerprint density at radius 1 is 1.08 bits per heavy atom. The summed E-state index contributed by atoms with van der Waals surface area (Å²) in [6, 6.07) is 0. The van der Waals surface area contributed by atoms with Gasteiger partial charge < -0.3 is 0 Å². The number of nitrogens with zero attached hydrogens (tertiary/aromatic N) is 1. The first kappa shape index (κ1) is 8.24. The van der Waals surface area contributed by atoms with Crippen molar-refractivity contribution in [3.05, 3.63) is 28.0 Å². The molecule has 1 aromatic heterocycles. The van der Waals surface area contributed by atoms with Crippen LogP contribution in [0.3, 0.4) is 0 Å². The van der Waals surface area contributed by atoms with Crippen molar-refractivity contribution >= 4 is 15.9 Å². The van der Waals surface area contributed by atoms with Gasteiger partial charge in [0.05, 0.1) is 0 Å². The number of hydrogen-bond donors (Lipinski definition) is 0. The third-order valence-corrected chi connectivity index (χ3v) is 3.15. The molecule has 0 saturated heterocycles. The zero-order chi connectivity index (χ0) is 8.39. The molecule has 0 saturated carbocycles. The van der Waals surface area contributed by atoms with E-state index in [0.717, 1.165) is 0 Å². The first-order valence-electron chi connectivity index (χ1n) is 4.49. The third-order valence-electron chi connectivity index (χ3n) is 2.47. The Balaban J connectivity index is 2.42. The summed E-state index contributed by atoms with van der Waals surface area (Å²) in [5, 5.41) is 0. The summed E-state index contributed by atoms with van der Waals surface area (Å²) in [4.78, 5) is 4.19. The lowest BCUT2D eigenvalue weighted by atomic mass is 10.1. The Hall–Kier alpha value is -0.370. The molecule has 0 N–H and O–H groups in total. The van der Waals surface area contributed by atoms with Gasteiger partial charge in [0.25, 0.3) is 0 Å². The average molecular weight is 226 g/mol. The van der Waals surface area contributed by atoms with Gasteiger partial charge in [0.1, 0.15) is 0 Å². The number of rotatable bonds is 0. The van der Waals surface area contributed by atoms with Gasteiger partial charge in [-0.1, -0.05) is 6.42 Å². The van der Waals surface area contributed by atoms with Crippen LogP contribution in [0.4, 0.5) is 0 Å². The molecular formula is C10H12BrN. The highest BCUT2D eigenvalue weighted by Gasteiger charge is 2.10. The van der Waals surface area contributed by atoms with Crippen molar-refractivity contribution in [1.82, 2.24) is 4.98 Å². The highest BCUT2D eigenvalue weighted by atomic mass is 79.9. The SMILES string of the molecule is Brc1cncc2c1CCCCC2. The second-order valence-corrected chi connectivity index (χ2v) is 4.17. The van der Waals surface area contributed by atoms with E-state index in [9.17, 15) is 0 Å². The predicted octanol–water partition coefficient (Wildman–Crippen LogP) is 3.11. The van der Waals surface area contributed by atoms with Gasteiger partial charge in [-0.05, 0) is 52.7 Å². The Morgan fingerprint density at radius 3 is 2.83 bits per heavy atom. The summed E-state index contributed by atoms with van der Waals surface area (Å²) < 4.78 is 1.20. The van der Waals surface area contributed by atoms with Crippen molar-refractivity contribution in [3.63, 3.8) is 0 Å². The van der Waals surface area contributed by atoms with Gasteiger partial charge >= 0.3 is 0 Å². The minimum atomic E-state index is 1.20. The van der Waals surface area contributed by atoms with Gasteiger partial charge in [-0.3, -0.25) is 4.98 Å². The molecule has 1 nitrogen and oxygen atoms in total. The number of hydrogen-bond acceptors (Lipinski definition) is 1. The average Bonchev–Trinajstić information content (AvgIpc) is 2.30. The summed E-state index contributed by atoms with van der Waals surface area (Å²) in [5.41, 5.74) is 2.93. The van der Waals surface area contributed by atoms with Gasteiger partial charge in [0.2, 0.25) is 0 Å². The summed E-state index contributed by atoms with van der Waals surface area (Å²) in [5.74, 6) is 0. The summed E-state index contributed by atoms with van der Waals surface area (Å²) in [6.45, 7) is 0. The summed E-state index contributed by atoms with van der Waals surface area (Å²) in [7, 11) is 0. The highest BCUT2D eigenvalue weighted by Crippen LogP contribution is 2.25. The van der Waals surface area contributed by atoms with Crippen molar-refractivity contribution in [2.24, 2.45) is 0 Å². The molecule has 0 aromatic carbocycles. The molecule has 0 spiro atoms. The molecule has 2 heteroatoms. The van der Waals surface area contributed by atoms with E-state index < -0.39 is 0 Å². The molecule has 1 aliphatic rings. The van der Waals surface area contributed by atoms with Gasteiger partial charge in [0, 0.05) is 16.9 Å². The van der Waals surface area contributed by atoms with Gasteiger partial charge in [0.15, 0.2) is 0 Å². The van der Waals surface area contributed by atoms with Crippen LogP contribution in [-0.4, -0.2) is 4.98 Å². The molecule has 1 aliphatic carbocycles. The normalized spacial score (nSPS) is 16.8. The van der Waals surface area contributed by atoms with Crippen LogP contribution in [0.5, 0.6) is 0 Å². The van der Waals surface area contributed by atoms with Crippen LogP contribution in [0.2, 0.25) is 0 Å². The minimum absolute atomic E-state index is 1.20. The van der Waals surface area contributed by atoms with Crippen molar-refractivity contribution in [2.75, 3.05) is 0 Å². The fraction of sp³-hybridized carbons (Fsp3) is 0.500. The van der Waals surface area contributed by atoms with Crippen LogP contribution in [-0.2, 0) is 12.8 Å². The molecule has 0 unspecified atom stereocenters. The molecule has 0 radical (unpaired) electrons. The topological polar surface area (TPSA) is 12.9 Å². The van der Waals surface area contributed by atoms with Crippen molar-refractivity contribution < 1.29 is 0 Å². The highest BCUT2D eigenvalue weighted by molar-refractivity contribution is 9.10. The molecule has 64 valence electrons. The fourth-order valence-electron chi connectivity index (χ4n) is 1.79. The van der Waals surface area contributed by atoms with E-state index in [1.807, 2.05) is 12.4 Å². The lowest BCUT2D eigenvalue weighted by molar-refractivity contribution is 0.711. The lowest BCUT2D eigenvalue weighted by Gasteiger charge is -2.05. The molecule has 12 heavy (non-hydrogen) atoms. The molecule has 0 fully saturated rings. The number of pyridine rings is 1. The maximum Gasteiger partial charge on any atom is 0.0413 e. The maximum atomic E-state index is 4.19. The minimum Gasteiger partial charge on any atom is -0.263 e. The summed E-state index contributed by atoms with van der Waals surface area (Å²) >= 11 is 3.55. The monoisotopic (exact) mass is 225 g/mol. The van der Waals surface area contributed by atoms with Crippen LogP contribution in [0, 0.1) is 0 Å². The zero-order valence-corrected chi connectivity index (χ0v) is 8.60. The Bertz CT molecular complexity index is 283. The van der Waals surface area contributed by atoms with E-state index in [1.54, 1.807) is 0 Å². The number of aromatic nitrogens is 1. The maximum absolute atomic E-state index is 4.19. The Morgan fingerprint density at radius 2 is 1.92 bits per heavy atom. The van der Waals surface area contributed by atoms with E-state index in [0.29, 0.717) is 0 Å². The van der Waals surface area contributed by atoms with E-state index >= 15 is 0 Å². The number of aryl methyl sites for hydroxylation is 1. The van der Waals surface area contributed by atoms with Gasteiger partial charge in [-0.15, -0.1) is 0 Å². The number of halogens is 1. The van der Waals surface area contributed by atoms with Gasteiger partial charge in [-0.2, -0.15) is 0 Å². The Labute approximate surface area is 81.3 Å². The first-order chi connectivity index (χ1) is 5.88. The fourth-order valence-corrected chi connectivity index (χ4v) is 2.36. The number of fused-ring (bicyclic) bond motifs is 1. The van der Waals surface area contributed by atoms with Crippen LogP contribution < -0.4 is 0 Å². The van der Waals surface area contributed by atoms with Crippen LogP contribution in [0.25, 0.3) is 0 Å². The second kappa shape index (κ2) is 3.56. The standard InChI is InChI=1S/C10H12BrN/c11-10-7-12-6-8-4-2-1-3-5-9(8)10/h6-7H,1-5H2. The van der Waals surface area contributed by atoms with Crippen molar-refractivity contribution in [3.8, 4) is 0 Å². The van der Waals surface area contributed by atoms with Crippen LogP contribution in [0.1, 0.15) is 30.4 Å². The van der Waals surface area contributed by atoms with Crippen LogP contribution >= 0.6 is 15.9 Å². The molecule has 0 bridgehead atoms. The second-order valence-electron chi connectivity index (χ2n) is 3.32. The predicted molar refractivity (Wildman–Crippen MR) is 53.2 cm³/mol. The van der Waals surface area contributed by atoms with Gasteiger partial charge in [-0.25, -0.2) is 0 Å². The van der Waals surface area contributed by atoms with E-state index in [1.165, 1.54) is 47.7 Å². The molecule has 2 rings (SSSR count). The molecular weight excluding hydrogens is 214 g/mol. The molecule has 1 heterocycles. The lowest BCUT2D eigenvalue weighted by Crippen LogP contribution is -1.93. The third kappa shape index (κ3) is 1.53. The van der Waals surface area contributed by atoms with E-state index in [-0.39, 0.29) is 0 Å². The molecule has 0 aliphatic heterocycles. The molecule has 0 amide bonds. The largest absolute Gasteiger partial charge is 0.263 e. The molecule has 0 atom stereocenters. The van der Waals surface area contributed by atoms with Crippen LogP contribution in [0.15, 0.2) is 16.9 Å². The van der Waals surface area contributed by atoms with E-state index in [2.05, 4.69) is 20.9 Å². The smallest absolute Gasteiger partial charge is 0.0413 e. The summed E-state index contributed by atoms with van der Waals surface area (Å²) in [6.07, 6.45) is 10.4. The molecule has 1 aromatic rings. The quantitative estimate of drug-likeness (QED) is 0.619. The van der Waals surface area contributed by atoms with E-state index in [4.69, 9.17) is 0 Å². The van der Waals surface area contributed by atoms with Crippen molar-refractivity contribution in [2.45, 2.75) is 32.1 Å². The van der Waals surface area contributed by atoms with Crippen molar-refractivity contribution in [1.29, 1.82) is 0 Å².